The number of carbonyl (C=O) groups is 1. The molecule has 0 aliphatic rings. The second-order valence-electron chi connectivity index (χ2n) is 6.76. The third kappa shape index (κ3) is 7.36. The molecular weight excluding hydrogens is 501 g/mol. The Hall–Kier alpha value is -3.26. The van der Waals surface area contributed by atoms with E-state index in [1.807, 2.05) is 0 Å². The van der Waals surface area contributed by atoms with Crippen molar-refractivity contribution in [2.45, 2.75) is 45.3 Å². The van der Waals surface area contributed by atoms with Crippen molar-refractivity contribution in [1.82, 2.24) is 9.55 Å². The van der Waals surface area contributed by atoms with Crippen molar-refractivity contribution in [1.29, 1.82) is 0 Å². The second kappa shape index (κ2) is 10.6. The summed E-state index contributed by atoms with van der Waals surface area (Å²) in [6.07, 6.45) is -15.8. The van der Waals surface area contributed by atoms with E-state index in [4.69, 9.17) is 4.74 Å². The van der Waals surface area contributed by atoms with Gasteiger partial charge in [0, 0.05) is 12.6 Å². The number of hydrogen-bond acceptors (Lipinski definition) is 5. The molecule has 0 N–H and O–H groups in total. The van der Waals surface area contributed by atoms with E-state index in [1.165, 1.54) is 13.8 Å². The average molecular weight is 519 g/mol. The Morgan fingerprint density at radius 2 is 1.63 bits per heavy atom. The molecule has 1 aromatic carbocycles. The highest BCUT2D eigenvalue weighted by molar-refractivity contribution is 5.69. The van der Waals surface area contributed by atoms with E-state index in [1.54, 1.807) is 0 Å². The van der Waals surface area contributed by atoms with E-state index in [9.17, 15) is 44.3 Å². The third-order valence-corrected chi connectivity index (χ3v) is 4.31. The van der Waals surface area contributed by atoms with Crippen molar-refractivity contribution in [2.75, 3.05) is 13.2 Å². The number of hydrogen-bond donors (Lipinski definition) is 0. The molecule has 0 saturated heterocycles. The summed E-state index contributed by atoms with van der Waals surface area (Å²) in [5, 5.41) is 0. The van der Waals surface area contributed by atoms with Gasteiger partial charge >= 0.3 is 24.5 Å². The van der Waals surface area contributed by atoms with Crippen molar-refractivity contribution in [3.63, 3.8) is 0 Å². The molecular formula is C20H18F9N3O3. The molecule has 2 aromatic rings. The molecule has 0 atom stereocenters. The van der Waals surface area contributed by atoms with Crippen LogP contribution in [0.25, 0.3) is 0 Å². The molecule has 2 rings (SSSR count). The lowest BCUT2D eigenvalue weighted by Crippen LogP contribution is -2.29. The molecule has 35 heavy (non-hydrogen) atoms. The molecule has 0 fully saturated rings. The van der Waals surface area contributed by atoms with Crippen LogP contribution < -0.4 is 10.4 Å². The fraction of sp³-hybridized carbons (Fsp3) is 0.450. The van der Waals surface area contributed by atoms with Crippen molar-refractivity contribution in [2.24, 2.45) is 4.99 Å². The number of ether oxygens (including phenoxy) is 2. The first-order valence-electron chi connectivity index (χ1n) is 9.88. The Kier molecular flexibility index (Phi) is 8.44. The standard InChI is InChI=1S/C20H18F9N3O3/c1-3-32-15(35-8-7-16(33)34-4-2)10-14(20(27,28)29)31-17(32)30-13-6-5-11(18(21,22)23)9-12(13)19(24,25)26/h5-6,9-10H,3-4,7-8H2,1-2H3. The van der Waals surface area contributed by atoms with Crippen molar-refractivity contribution >= 4 is 11.7 Å². The number of nitrogens with zero attached hydrogens (tertiary/aromatic N) is 3. The smallest absolute Gasteiger partial charge is 0.433 e. The minimum Gasteiger partial charge on any atom is -0.478 e. The number of aromatic nitrogens is 2. The fourth-order valence-corrected chi connectivity index (χ4v) is 2.76. The summed E-state index contributed by atoms with van der Waals surface area (Å²) in [6, 6.07) is 0.966. The van der Waals surface area contributed by atoms with Gasteiger partial charge in [0.1, 0.15) is 6.61 Å². The molecule has 0 radical (unpaired) electrons. The SMILES string of the molecule is CCOC(=O)CCOc1cc(C(F)(F)F)nc(=Nc2ccc(C(F)(F)F)cc2C(F)(F)F)n1CC. The number of rotatable bonds is 7. The van der Waals surface area contributed by atoms with Gasteiger partial charge in [0.15, 0.2) is 11.6 Å². The van der Waals surface area contributed by atoms with Crippen LogP contribution in [0.2, 0.25) is 0 Å². The van der Waals surface area contributed by atoms with E-state index in [0.29, 0.717) is 18.2 Å². The molecule has 194 valence electrons. The van der Waals surface area contributed by atoms with E-state index in [2.05, 4.69) is 14.7 Å². The molecule has 0 bridgehead atoms. The Labute approximate surface area is 192 Å². The van der Waals surface area contributed by atoms with Gasteiger partial charge in [-0.1, -0.05) is 0 Å². The van der Waals surface area contributed by atoms with Gasteiger partial charge in [-0.15, -0.1) is 0 Å². The summed E-state index contributed by atoms with van der Waals surface area (Å²) < 4.78 is 130. The Morgan fingerprint density at radius 1 is 0.971 bits per heavy atom. The molecule has 0 aliphatic heterocycles. The zero-order valence-electron chi connectivity index (χ0n) is 18.1. The molecule has 15 heteroatoms. The first-order valence-corrected chi connectivity index (χ1v) is 9.88. The maximum Gasteiger partial charge on any atom is 0.433 e. The maximum absolute atomic E-state index is 13.5. The van der Waals surface area contributed by atoms with Crippen LogP contribution in [0, 0.1) is 0 Å². The quantitative estimate of drug-likeness (QED) is 0.357. The average Bonchev–Trinajstić information content (AvgIpc) is 2.71. The summed E-state index contributed by atoms with van der Waals surface area (Å²) in [5.74, 6) is -1.23. The Balaban J connectivity index is 2.70. The zero-order valence-corrected chi connectivity index (χ0v) is 18.1. The van der Waals surface area contributed by atoms with Crippen LogP contribution in [0.5, 0.6) is 5.88 Å². The van der Waals surface area contributed by atoms with Crippen LogP contribution in [0.1, 0.15) is 37.1 Å². The van der Waals surface area contributed by atoms with Crippen molar-refractivity contribution in [3.8, 4) is 5.88 Å². The minimum atomic E-state index is -5.31. The lowest BCUT2D eigenvalue weighted by Gasteiger charge is -2.17. The van der Waals surface area contributed by atoms with E-state index in [-0.39, 0.29) is 25.6 Å². The molecule has 1 aromatic heterocycles. The second-order valence-corrected chi connectivity index (χ2v) is 6.76. The number of halogens is 9. The van der Waals surface area contributed by atoms with E-state index >= 15 is 0 Å². The molecule has 6 nitrogen and oxygen atoms in total. The predicted molar refractivity (Wildman–Crippen MR) is 101 cm³/mol. The molecule has 1 heterocycles. The monoisotopic (exact) mass is 519 g/mol. The van der Waals surface area contributed by atoms with Gasteiger partial charge in [-0.2, -0.15) is 39.5 Å². The minimum absolute atomic E-state index is 0.0545. The Bertz CT molecular complexity index is 1120. The number of carbonyl (C=O) groups excluding carboxylic acids is 1. The van der Waals surface area contributed by atoms with E-state index in [0.717, 1.165) is 4.57 Å². The van der Waals surface area contributed by atoms with E-state index < -0.39 is 65.1 Å². The topological polar surface area (TPSA) is 65.7 Å². The van der Waals surface area contributed by atoms with Gasteiger partial charge in [0.05, 0.1) is 29.8 Å². The molecule has 0 amide bonds. The zero-order chi connectivity index (χ0) is 26.6. The lowest BCUT2D eigenvalue weighted by molar-refractivity contribution is -0.144. The van der Waals surface area contributed by atoms with Crippen LogP contribution in [0.4, 0.5) is 45.2 Å². The lowest BCUT2D eigenvalue weighted by atomic mass is 10.1. The summed E-state index contributed by atoms with van der Waals surface area (Å²) in [7, 11) is 0. The highest BCUT2D eigenvalue weighted by atomic mass is 19.4. The molecule has 0 saturated carbocycles. The number of esters is 1. The summed E-state index contributed by atoms with van der Waals surface area (Å²) in [4.78, 5) is 18.2. The third-order valence-electron chi connectivity index (χ3n) is 4.31. The van der Waals surface area contributed by atoms with Gasteiger partial charge in [0.2, 0.25) is 5.62 Å². The molecule has 0 unspecified atom stereocenters. The number of alkyl halides is 9. The normalized spacial score (nSPS) is 13.2. The van der Waals surface area contributed by atoms with Gasteiger partial charge < -0.3 is 9.47 Å². The summed E-state index contributed by atoms with van der Waals surface area (Å²) in [5.41, 5.74) is -7.01. The fourth-order valence-electron chi connectivity index (χ4n) is 2.76. The number of benzene rings is 1. The van der Waals surface area contributed by atoms with Crippen LogP contribution in [0.15, 0.2) is 29.3 Å². The van der Waals surface area contributed by atoms with Crippen molar-refractivity contribution in [3.05, 3.63) is 46.7 Å². The summed E-state index contributed by atoms with van der Waals surface area (Å²) >= 11 is 0. The van der Waals surface area contributed by atoms with Crippen LogP contribution in [-0.4, -0.2) is 28.7 Å². The van der Waals surface area contributed by atoms with Gasteiger partial charge in [-0.05, 0) is 32.0 Å². The first-order chi connectivity index (χ1) is 16.1. The highest BCUT2D eigenvalue weighted by Gasteiger charge is 2.39. The van der Waals surface area contributed by atoms with Crippen LogP contribution >= 0.6 is 0 Å². The highest BCUT2D eigenvalue weighted by Crippen LogP contribution is 2.40. The van der Waals surface area contributed by atoms with Gasteiger partial charge in [-0.25, -0.2) is 9.98 Å². The van der Waals surface area contributed by atoms with Crippen LogP contribution in [-0.2, 0) is 34.6 Å². The summed E-state index contributed by atoms with van der Waals surface area (Å²) in [6.45, 7) is 2.35. The molecule has 0 aliphatic carbocycles. The van der Waals surface area contributed by atoms with Crippen LogP contribution in [0.3, 0.4) is 0 Å². The molecule has 0 spiro atoms. The van der Waals surface area contributed by atoms with Gasteiger partial charge in [-0.3, -0.25) is 9.36 Å². The predicted octanol–water partition coefficient (Wildman–Crippen LogP) is 5.52. The van der Waals surface area contributed by atoms with Gasteiger partial charge in [0.25, 0.3) is 0 Å². The Morgan fingerprint density at radius 3 is 2.14 bits per heavy atom. The largest absolute Gasteiger partial charge is 0.478 e. The van der Waals surface area contributed by atoms with Crippen molar-refractivity contribution < 1.29 is 53.8 Å². The maximum atomic E-state index is 13.5. The first kappa shape index (κ1) is 28.0.